The standard InChI is InChI=1S/C48H50F6N4O4S3/c49-47(50,51)37-16-12-34(13-17-37)43-11-5-4-7-36(43)29-33-22-25-58(26-23-33)39-18-14-35(15-19-39)46(60)56-65(62)42-20-21-44(45(31-42)64(61)48(52,53)54)55-38(32-63-41-9-2-1-3-10-41)30-40-8-6-24-57(40)27-28-59/h1-5,7,9-21,31,33,38,40,55,59H,6,8,22-30,32H2,(H,56,60). The Hall–Kier alpha value is -4.36. The van der Waals surface area contributed by atoms with E-state index in [9.17, 15) is 45.3 Å². The van der Waals surface area contributed by atoms with Crippen LogP contribution in [-0.4, -0.2) is 81.1 Å². The first-order valence-corrected chi connectivity index (χ1v) is 24.7. The maximum atomic E-state index is 14.1. The van der Waals surface area contributed by atoms with Gasteiger partial charge in [-0.3, -0.25) is 9.69 Å². The van der Waals surface area contributed by atoms with E-state index >= 15 is 0 Å². The van der Waals surface area contributed by atoms with Crippen molar-refractivity contribution >= 4 is 51.6 Å². The van der Waals surface area contributed by atoms with Gasteiger partial charge in [0.25, 0.3) is 5.91 Å². The summed E-state index contributed by atoms with van der Waals surface area (Å²) in [5, 5.41) is 12.8. The summed E-state index contributed by atoms with van der Waals surface area (Å²) in [6.07, 6.45) is 0.468. The summed E-state index contributed by atoms with van der Waals surface area (Å²) < 4.78 is 111. The lowest BCUT2D eigenvalue weighted by Crippen LogP contribution is -2.38. The number of hydrogen-bond acceptors (Lipinski definition) is 8. The molecule has 0 aromatic heterocycles. The molecule has 0 aliphatic carbocycles. The number of amides is 1. The molecular weight excluding hydrogens is 907 g/mol. The van der Waals surface area contributed by atoms with E-state index in [-0.39, 0.29) is 34.8 Å². The summed E-state index contributed by atoms with van der Waals surface area (Å²) in [5.41, 5.74) is -2.04. The van der Waals surface area contributed by atoms with Crippen LogP contribution in [0.15, 0.2) is 136 Å². The first-order valence-electron chi connectivity index (χ1n) is 21.4. The van der Waals surface area contributed by atoms with Crippen LogP contribution in [0.4, 0.5) is 37.7 Å². The molecule has 5 aromatic carbocycles. The van der Waals surface area contributed by atoms with Crippen molar-refractivity contribution in [3.63, 3.8) is 0 Å². The van der Waals surface area contributed by atoms with Crippen molar-refractivity contribution in [1.82, 2.24) is 9.62 Å². The quantitative estimate of drug-likeness (QED) is 0.0480. The molecule has 4 atom stereocenters. The van der Waals surface area contributed by atoms with Gasteiger partial charge < -0.3 is 24.4 Å². The minimum atomic E-state index is -5.11. The van der Waals surface area contributed by atoms with Gasteiger partial charge in [0, 0.05) is 53.6 Å². The minimum Gasteiger partial charge on any atom is -0.604 e. The molecule has 0 bridgehead atoms. The molecule has 0 saturated carbocycles. The van der Waals surface area contributed by atoms with Crippen LogP contribution in [0.25, 0.3) is 11.1 Å². The number of thioether (sulfide) groups is 1. The van der Waals surface area contributed by atoms with Crippen LogP contribution >= 0.6 is 11.8 Å². The topological polar surface area (TPSA) is 114 Å². The Morgan fingerprint density at radius 2 is 1.52 bits per heavy atom. The van der Waals surface area contributed by atoms with E-state index in [1.54, 1.807) is 24.3 Å². The molecule has 2 aliphatic heterocycles. The van der Waals surface area contributed by atoms with Crippen molar-refractivity contribution in [2.24, 2.45) is 5.92 Å². The van der Waals surface area contributed by atoms with Crippen LogP contribution in [0.1, 0.15) is 53.6 Å². The largest absolute Gasteiger partial charge is 0.604 e. The molecule has 5 aromatic rings. The highest BCUT2D eigenvalue weighted by Crippen LogP contribution is 2.38. The molecule has 0 radical (unpaired) electrons. The molecule has 2 fully saturated rings. The third-order valence-corrected chi connectivity index (χ3v) is 15.3. The van der Waals surface area contributed by atoms with E-state index in [1.807, 2.05) is 54.6 Å². The number of carbonyl (C=O) groups excluding carboxylic acids is 1. The highest BCUT2D eigenvalue weighted by Gasteiger charge is 2.48. The molecule has 2 aliphatic rings. The van der Waals surface area contributed by atoms with Crippen molar-refractivity contribution in [3.05, 3.63) is 138 Å². The van der Waals surface area contributed by atoms with Crippen LogP contribution in [-0.2, 0) is 35.1 Å². The molecule has 3 N–H and O–H groups in total. The SMILES string of the molecule is O=C(N[S+]([O-])c1ccc(NC(CSc2ccccc2)CC2CCCN2CCO)c([S+]([O-])C(F)(F)F)c1)c1ccc(N2CCC(Cc3ccccc3-c3ccc(C(F)(F)F)cc3)CC2)cc1. The van der Waals surface area contributed by atoms with Gasteiger partial charge >= 0.3 is 11.7 Å². The number of nitrogens with one attached hydrogen (secondary N) is 2. The molecule has 8 nitrogen and oxygen atoms in total. The Kier molecular flexibility index (Phi) is 16.4. The minimum absolute atomic E-state index is 0.0113. The molecule has 7 rings (SSSR count). The smallest absolute Gasteiger partial charge is 0.578 e. The van der Waals surface area contributed by atoms with Crippen LogP contribution in [0, 0.1) is 5.92 Å². The van der Waals surface area contributed by atoms with E-state index in [1.165, 1.54) is 36.0 Å². The van der Waals surface area contributed by atoms with E-state index < -0.39 is 50.6 Å². The molecule has 4 unspecified atom stereocenters. The summed E-state index contributed by atoms with van der Waals surface area (Å²) in [5.74, 6) is 0.127. The van der Waals surface area contributed by atoms with Crippen LogP contribution in [0.5, 0.6) is 0 Å². The Morgan fingerprint density at radius 1 is 0.831 bits per heavy atom. The summed E-state index contributed by atoms with van der Waals surface area (Å²) in [4.78, 5) is 17.9. The highest BCUT2D eigenvalue weighted by molar-refractivity contribution is 7.99. The predicted molar refractivity (Wildman–Crippen MR) is 246 cm³/mol. The molecule has 17 heteroatoms. The number of alkyl halides is 6. The number of rotatable bonds is 17. The fourth-order valence-electron chi connectivity index (χ4n) is 8.58. The summed E-state index contributed by atoms with van der Waals surface area (Å²) in [6.45, 7) is 2.76. The van der Waals surface area contributed by atoms with Gasteiger partial charge in [-0.05, 0) is 128 Å². The molecule has 2 heterocycles. The molecule has 0 spiro atoms. The van der Waals surface area contributed by atoms with Gasteiger partial charge in [0.1, 0.15) is 22.5 Å². The average molecular weight is 957 g/mol. The van der Waals surface area contributed by atoms with E-state index in [0.717, 1.165) is 97.2 Å². The zero-order valence-electron chi connectivity index (χ0n) is 35.3. The Balaban J connectivity index is 0.977. The van der Waals surface area contributed by atoms with Gasteiger partial charge in [0.05, 0.1) is 23.9 Å². The average Bonchev–Trinajstić information content (AvgIpc) is 3.74. The fourth-order valence-corrected chi connectivity index (χ4v) is 11.2. The van der Waals surface area contributed by atoms with Crippen LogP contribution in [0.3, 0.4) is 0 Å². The number of halogens is 6. The molecule has 1 amide bonds. The molecule has 2 saturated heterocycles. The van der Waals surface area contributed by atoms with Crippen molar-refractivity contribution in [3.8, 4) is 11.1 Å². The number of likely N-dealkylation sites (tertiary alicyclic amines) is 1. The zero-order chi connectivity index (χ0) is 46.1. The second-order valence-corrected chi connectivity index (χ2v) is 20.0. The third-order valence-electron chi connectivity index (χ3n) is 11.9. The van der Waals surface area contributed by atoms with Crippen molar-refractivity contribution in [2.75, 3.05) is 48.8 Å². The molecule has 65 heavy (non-hydrogen) atoms. The van der Waals surface area contributed by atoms with Gasteiger partial charge in [-0.25, -0.2) is 0 Å². The zero-order valence-corrected chi connectivity index (χ0v) is 37.8. The fraction of sp³-hybridized carbons (Fsp3) is 0.354. The monoisotopic (exact) mass is 956 g/mol. The second-order valence-electron chi connectivity index (χ2n) is 16.2. The third kappa shape index (κ3) is 13.0. The van der Waals surface area contributed by atoms with E-state index in [2.05, 4.69) is 19.8 Å². The van der Waals surface area contributed by atoms with Gasteiger partial charge in [-0.2, -0.15) is 17.9 Å². The Morgan fingerprint density at radius 3 is 2.20 bits per heavy atom. The van der Waals surface area contributed by atoms with Gasteiger partial charge in [0.2, 0.25) is 0 Å². The number of anilines is 2. The number of hydrogen-bond donors (Lipinski definition) is 3. The molecule has 346 valence electrons. The van der Waals surface area contributed by atoms with Crippen molar-refractivity contribution in [1.29, 1.82) is 0 Å². The first-order chi connectivity index (χ1) is 31.2. The highest BCUT2D eigenvalue weighted by atomic mass is 32.2. The number of carbonyl (C=O) groups is 1. The number of benzene rings is 5. The predicted octanol–water partition coefficient (Wildman–Crippen LogP) is 10.3. The summed E-state index contributed by atoms with van der Waals surface area (Å²) >= 11 is -4.24. The lowest BCUT2D eigenvalue weighted by Gasteiger charge is -2.34. The van der Waals surface area contributed by atoms with Crippen LogP contribution < -0.4 is 14.9 Å². The van der Waals surface area contributed by atoms with Crippen molar-refractivity contribution < 1.29 is 45.3 Å². The van der Waals surface area contributed by atoms with Gasteiger partial charge in [-0.15, -0.1) is 24.9 Å². The van der Waals surface area contributed by atoms with E-state index in [0.29, 0.717) is 24.6 Å². The Labute approximate surface area is 385 Å². The lowest BCUT2D eigenvalue weighted by molar-refractivity contribution is -0.137. The van der Waals surface area contributed by atoms with Gasteiger partial charge in [0.15, 0.2) is 9.79 Å². The number of β-amino-alcohol motifs (C(OH)–C–C–N with tert-alkyl or cyclic N) is 1. The Bertz CT molecular complexity index is 2320. The number of piperidine rings is 1. The van der Waals surface area contributed by atoms with Crippen molar-refractivity contribution in [2.45, 2.75) is 77.0 Å². The summed E-state index contributed by atoms with van der Waals surface area (Å²) in [7, 11) is 0. The lowest BCUT2D eigenvalue weighted by atomic mass is 9.86. The number of aliphatic hydroxyl groups is 1. The van der Waals surface area contributed by atoms with Gasteiger partial charge in [-0.1, -0.05) is 54.6 Å². The first kappa shape index (κ1) is 48.6. The van der Waals surface area contributed by atoms with Crippen LogP contribution in [0.2, 0.25) is 0 Å². The molecular formula is C48H50F6N4O4S3. The summed E-state index contributed by atoms with van der Waals surface area (Å²) in [6, 6.07) is 32.7. The number of aliphatic hydroxyl groups excluding tert-OH is 1. The maximum Gasteiger partial charge on any atom is 0.578 e. The maximum absolute atomic E-state index is 14.1. The van der Waals surface area contributed by atoms with E-state index in [4.69, 9.17) is 0 Å². The number of nitrogens with zero attached hydrogens (tertiary/aromatic N) is 2. The second kappa shape index (κ2) is 22.0. The normalized spacial score (nSPS) is 17.7.